The fourth-order valence-corrected chi connectivity index (χ4v) is 3.54. The van der Waals surface area contributed by atoms with Gasteiger partial charge in [0.15, 0.2) is 17.7 Å². The smallest absolute Gasteiger partial charge is 0.263 e. The minimum atomic E-state index is -0.773. The highest BCUT2D eigenvalue weighted by Gasteiger charge is 2.27. The first-order valence-electron chi connectivity index (χ1n) is 10.5. The van der Waals surface area contributed by atoms with Crippen LogP contribution in [0.4, 0.5) is 10.2 Å². The number of carbonyl (C=O) groups excluding carboxylic acids is 1. The van der Waals surface area contributed by atoms with Crippen LogP contribution in [0.25, 0.3) is 0 Å². The van der Waals surface area contributed by atoms with E-state index in [2.05, 4.69) is 14.9 Å². The number of carbonyl (C=O) groups is 1. The van der Waals surface area contributed by atoms with Crippen molar-refractivity contribution in [1.29, 1.82) is 0 Å². The summed E-state index contributed by atoms with van der Waals surface area (Å²) in [5, 5.41) is 0. The van der Waals surface area contributed by atoms with Crippen LogP contribution in [-0.4, -0.2) is 53.1 Å². The van der Waals surface area contributed by atoms with E-state index in [4.69, 9.17) is 9.47 Å². The van der Waals surface area contributed by atoms with E-state index in [1.54, 1.807) is 30.0 Å². The summed E-state index contributed by atoms with van der Waals surface area (Å²) < 4.78 is 25.2. The maximum Gasteiger partial charge on any atom is 0.263 e. The minimum Gasteiger partial charge on any atom is -0.478 e. The van der Waals surface area contributed by atoms with E-state index in [-0.39, 0.29) is 11.7 Å². The van der Waals surface area contributed by atoms with E-state index in [1.807, 2.05) is 37.3 Å². The van der Waals surface area contributed by atoms with Crippen molar-refractivity contribution in [2.45, 2.75) is 20.0 Å². The molecular weight excluding hydrogens is 411 g/mol. The molecule has 166 valence electrons. The van der Waals surface area contributed by atoms with Crippen LogP contribution in [0.3, 0.4) is 0 Å². The van der Waals surface area contributed by atoms with E-state index in [0.29, 0.717) is 43.6 Å². The Kier molecular flexibility index (Phi) is 6.49. The molecular formula is C24H25FN4O3. The molecule has 0 radical (unpaired) electrons. The average Bonchev–Trinajstić information content (AvgIpc) is 2.80. The number of hydrogen-bond acceptors (Lipinski definition) is 6. The first kappa shape index (κ1) is 21.5. The molecule has 4 rings (SSSR count). The summed E-state index contributed by atoms with van der Waals surface area (Å²) >= 11 is 0. The summed E-state index contributed by atoms with van der Waals surface area (Å²) in [6.45, 7) is 5.72. The number of ether oxygens (including phenoxy) is 2. The molecule has 0 spiro atoms. The molecule has 2 aromatic carbocycles. The standard InChI is InChI=1S/C24H25FN4O3/c1-17(31-21-11-7-6-10-20(21)25)24(30)29-14-12-28(13-15-29)22-16-23(27-18(2)26-22)32-19-8-4-3-5-9-19/h3-11,16-17H,12-15H2,1-2H3. The summed E-state index contributed by atoms with van der Waals surface area (Å²) in [5.74, 6) is 1.98. The van der Waals surface area contributed by atoms with Gasteiger partial charge in [0.05, 0.1) is 0 Å². The van der Waals surface area contributed by atoms with Crippen LogP contribution in [0.1, 0.15) is 12.7 Å². The molecule has 1 fully saturated rings. The number of piperazine rings is 1. The summed E-state index contributed by atoms with van der Waals surface area (Å²) in [7, 11) is 0. The Balaban J connectivity index is 1.37. The van der Waals surface area contributed by atoms with E-state index in [1.165, 1.54) is 12.1 Å². The Morgan fingerprint density at radius 2 is 1.69 bits per heavy atom. The highest BCUT2D eigenvalue weighted by atomic mass is 19.1. The zero-order valence-corrected chi connectivity index (χ0v) is 18.1. The highest BCUT2D eigenvalue weighted by Crippen LogP contribution is 2.24. The number of aryl methyl sites for hydroxylation is 1. The molecule has 1 aliphatic rings. The summed E-state index contributed by atoms with van der Waals surface area (Å²) in [6.07, 6.45) is -0.773. The molecule has 1 saturated heterocycles. The second-order valence-electron chi connectivity index (χ2n) is 7.53. The van der Waals surface area contributed by atoms with Crippen molar-refractivity contribution in [1.82, 2.24) is 14.9 Å². The number of aromatic nitrogens is 2. The molecule has 1 atom stereocenters. The molecule has 3 aromatic rings. The molecule has 1 unspecified atom stereocenters. The third-order valence-electron chi connectivity index (χ3n) is 5.17. The van der Waals surface area contributed by atoms with Gasteiger partial charge >= 0.3 is 0 Å². The highest BCUT2D eigenvalue weighted by molar-refractivity contribution is 5.81. The van der Waals surface area contributed by atoms with Crippen molar-refractivity contribution in [3.63, 3.8) is 0 Å². The zero-order chi connectivity index (χ0) is 22.5. The van der Waals surface area contributed by atoms with Crippen LogP contribution in [0.2, 0.25) is 0 Å². The monoisotopic (exact) mass is 436 g/mol. The van der Waals surface area contributed by atoms with Crippen LogP contribution in [-0.2, 0) is 4.79 Å². The number of anilines is 1. The maximum absolute atomic E-state index is 13.8. The SMILES string of the molecule is Cc1nc(Oc2ccccc2)cc(N2CCN(C(=O)C(C)Oc3ccccc3F)CC2)n1. The third-order valence-corrected chi connectivity index (χ3v) is 5.17. The number of halogens is 1. The van der Waals surface area contributed by atoms with Crippen molar-refractivity contribution in [3.05, 3.63) is 72.3 Å². The first-order chi connectivity index (χ1) is 15.5. The van der Waals surface area contributed by atoms with Gasteiger partial charge in [0.25, 0.3) is 5.91 Å². The van der Waals surface area contributed by atoms with Gasteiger partial charge in [0.1, 0.15) is 17.4 Å². The molecule has 0 saturated carbocycles. The maximum atomic E-state index is 13.8. The normalized spacial score (nSPS) is 14.7. The largest absolute Gasteiger partial charge is 0.478 e. The van der Waals surface area contributed by atoms with Gasteiger partial charge in [0, 0.05) is 32.2 Å². The van der Waals surface area contributed by atoms with Gasteiger partial charge < -0.3 is 19.3 Å². The Bertz CT molecular complexity index is 1070. The molecule has 7 nitrogen and oxygen atoms in total. The fourth-order valence-electron chi connectivity index (χ4n) is 3.54. The molecule has 0 bridgehead atoms. The zero-order valence-electron chi connectivity index (χ0n) is 18.1. The topological polar surface area (TPSA) is 67.8 Å². The lowest BCUT2D eigenvalue weighted by atomic mass is 10.2. The van der Waals surface area contributed by atoms with Gasteiger partial charge in [0.2, 0.25) is 5.88 Å². The molecule has 0 N–H and O–H groups in total. The molecule has 32 heavy (non-hydrogen) atoms. The van der Waals surface area contributed by atoms with E-state index < -0.39 is 11.9 Å². The molecule has 2 heterocycles. The molecule has 0 aliphatic carbocycles. The number of benzene rings is 2. The van der Waals surface area contributed by atoms with Crippen LogP contribution in [0, 0.1) is 12.7 Å². The van der Waals surface area contributed by atoms with Gasteiger partial charge in [-0.15, -0.1) is 0 Å². The first-order valence-corrected chi connectivity index (χ1v) is 10.5. The van der Waals surface area contributed by atoms with Crippen molar-refractivity contribution in [2.24, 2.45) is 0 Å². The predicted molar refractivity (Wildman–Crippen MR) is 119 cm³/mol. The molecule has 8 heteroatoms. The van der Waals surface area contributed by atoms with Crippen molar-refractivity contribution in [2.75, 3.05) is 31.1 Å². The number of hydrogen-bond donors (Lipinski definition) is 0. The third kappa shape index (κ3) is 5.14. The van der Waals surface area contributed by atoms with Crippen molar-refractivity contribution >= 4 is 11.7 Å². The Labute approximate surface area is 186 Å². The Hall–Kier alpha value is -3.68. The lowest BCUT2D eigenvalue weighted by Crippen LogP contribution is -2.52. The number of amides is 1. The van der Waals surface area contributed by atoms with Crippen LogP contribution < -0.4 is 14.4 Å². The van der Waals surface area contributed by atoms with E-state index in [9.17, 15) is 9.18 Å². The number of para-hydroxylation sites is 2. The minimum absolute atomic E-state index is 0.0781. The summed E-state index contributed by atoms with van der Waals surface area (Å²) in [4.78, 5) is 25.5. The molecule has 1 amide bonds. The Morgan fingerprint density at radius 1 is 1.00 bits per heavy atom. The van der Waals surface area contributed by atoms with Crippen LogP contribution in [0.5, 0.6) is 17.4 Å². The lowest BCUT2D eigenvalue weighted by Gasteiger charge is -2.36. The van der Waals surface area contributed by atoms with Crippen LogP contribution in [0.15, 0.2) is 60.7 Å². The summed E-state index contributed by atoms with van der Waals surface area (Å²) in [5.41, 5.74) is 0. The van der Waals surface area contributed by atoms with Crippen molar-refractivity contribution in [3.8, 4) is 17.4 Å². The summed E-state index contributed by atoms with van der Waals surface area (Å²) in [6, 6.07) is 17.3. The molecule has 1 aromatic heterocycles. The average molecular weight is 436 g/mol. The van der Waals surface area contributed by atoms with Gasteiger partial charge in [-0.2, -0.15) is 4.98 Å². The van der Waals surface area contributed by atoms with Gasteiger partial charge in [-0.1, -0.05) is 30.3 Å². The van der Waals surface area contributed by atoms with Gasteiger partial charge in [-0.3, -0.25) is 4.79 Å². The number of nitrogens with zero attached hydrogens (tertiary/aromatic N) is 4. The second-order valence-corrected chi connectivity index (χ2v) is 7.53. The van der Waals surface area contributed by atoms with Gasteiger partial charge in [-0.25, -0.2) is 9.37 Å². The van der Waals surface area contributed by atoms with E-state index in [0.717, 1.165) is 5.82 Å². The van der Waals surface area contributed by atoms with E-state index >= 15 is 0 Å². The fraction of sp³-hybridized carbons (Fsp3) is 0.292. The Morgan fingerprint density at radius 3 is 2.41 bits per heavy atom. The van der Waals surface area contributed by atoms with Crippen LogP contribution >= 0.6 is 0 Å². The van der Waals surface area contributed by atoms with Crippen molar-refractivity contribution < 1.29 is 18.7 Å². The lowest BCUT2D eigenvalue weighted by molar-refractivity contribution is -0.138. The number of rotatable bonds is 6. The second kappa shape index (κ2) is 9.64. The predicted octanol–water partition coefficient (Wildman–Crippen LogP) is 3.83. The quantitative estimate of drug-likeness (QED) is 0.585. The van der Waals surface area contributed by atoms with Gasteiger partial charge in [-0.05, 0) is 38.1 Å². The molecule has 1 aliphatic heterocycles.